The summed E-state index contributed by atoms with van der Waals surface area (Å²) in [5.41, 5.74) is 2.85. The van der Waals surface area contributed by atoms with Crippen molar-refractivity contribution in [2.75, 3.05) is 14.1 Å². The lowest BCUT2D eigenvalue weighted by molar-refractivity contribution is 0.380. The molecular formula is C16H28N2. The van der Waals surface area contributed by atoms with Gasteiger partial charge in [-0.2, -0.15) is 0 Å². The minimum absolute atomic E-state index is 0.609. The molecule has 0 radical (unpaired) electrons. The third-order valence-corrected chi connectivity index (χ3v) is 3.40. The van der Waals surface area contributed by atoms with Gasteiger partial charge in [0, 0.05) is 19.1 Å². The van der Waals surface area contributed by atoms with Gasteiger partial charge in [-0.25, -0.2) is 0 Å². The summed E-state index contributed by atoms with van der Waals surface area (Å²) in [4.78, 5) is 2.22. The van der Waals surface area contributed by atoms with Crippen LogP contribution < -0.4 is 5.32 Å². The molecule has 2 heteroatoms. The van der Waals surface area contributed by atoms with Gasteiger partial charge in [0.1, 0.15) is 0 Å². The summed E-state index contributed by atoms with van der Waals surface area (Å²) in [7, 11) is 4.24. The molecular weight excluding hydrogens is 220 g/mol. The SMILES string of the molecule is CCC(NCc1ccccc1CN(C)C)C(C)C. The Hall–Kier alpha value is -0.860. The maximum atomic E-state index is 3.68. The maximum Gasteiger partial charge on any atom is 0.0230 e. The molecule has 0 aromatic heterocycles. The number of hydrogen-bond acceptors (Lipinski definition) is 2. The highest BCUT2D eigenvalue weighted by Crippen LogP contribution is 2.12. The van der Waals surface area contributed by atoms with Crippen molar-refractivity contribution in [3.05, 3.63) is 35.4 Å². The van der Waals surface area contributed by atoms with Gasteiger partial charge in [0.05, 0.1) is 0 Å². The van der Waals surface area contributed by atoms with Gasteiger partial charge in [-0.15, -0.1) is 0 Å². The first-order chi connectivity index (χ1) is 8.54. The molecule has 0 amide bonds. The highest BCUT2D eigenvalue weighted by atomic mass is 15.0. The van der Waals surface area contributed by atoms with E-state index in [-0.39, 0.29) is 0 Å². The Balaban J connectivity index is 2.66. The van der Waals surface area contributed by atoms with Crippen LogP contribution in [-0.4, -0.2) is 25.0 Å². The van der Waals surface area contributed by atoms with Crippen molar-refractivity contribution in [1.82, 2.24) is 10.2 Å². The largest absolute Gasteiger partial charge is 0.310 e. The fourth-order valence-corrected chi connectivity index (χ4v) is 2.32. The molecule has 0 aliphatic heterocycles. The first-order valence-electron chi connectivity index (χ1n) is 6.99. The second-order valence-corrected chi connectivity index (χ2v) is 5.65. The third-order valence-electron chi connectivity index (χ3n) is 3.40. The van der Waals surface area contributed by atoms with Crippen LogP contribution in [-0.2, 0) is 13.1 Å². The predicted molar refractivity (Wildman–Crippen MR) is 79.6 cm³/mol. The number of hydrogen-bond donors (Lipinski definition) is 1. The van der Waals surface area contributed by atoms with Gasteiger partial charge < -0.3 is 10.2 Å². The summed E-state index contributed by atoms with van der Waals surface area (Å²) in [6.45, 7) is 8.81. The summed E-state index contributed by atoms with van der Waals surface area (Å²) in [5.74, 6) is 0.691. The summed E-state index contributed by atoms with van der Waals surface area (Å²) in [6, 6.07) is 9.33. The van der Waals surface area contributed by atoms with Crippen LogP contribution in [0.3, 0.4) is 0 Å². The molecule has 1 atom stereocenters. The first-order valence-corrected chi connectivity index (χ1v) is 6.99. The molecule has 2 nitrogen and oxygen atoms in total. The smallest absolute Gasteiger partial charge is 0.0230 e. The van der Waals surface area contributed by atoms with E-state index in [1.807, 2.05) is 0 Å². The zero-order valence-corrected chi connectivity index (χ0v) is 12.5. The van der Waals surface area contributed by atoms with Crippen molar-refractivity contribution in [2.45, 2.75) is 46.3 Å². The summed E-state index contributed by atoms with van der Waals surface area (Å²) in [5, 5.41) is 3.68. The minimum atomic E-state index is 0.609. The molecule has 0 heterocycles. The van der Waals surface area contributed by atoms with E-state index in [1.165, 1.54) is 17.5 Å². The molecule has 0 fully saturated rings. The maximum absolute atomic E-state index is 3.68. The Morgan fingerprint density at radius 2 is 1.72 bits per heavy atom. The zero-order valence-electron chi connectivity index (χ0n) is 12.5. The van der Waals surface area contributed by atoms with Gasteiger partial charge in [-0.1, -0.05) is 45.0 Å². The van der Waals surface area contributed by atoms with Gasteiger partial charge in [0.15, 0.2) is 0 Å². The van der Waals surface area contributed by atoms with Crippen LogP contribution in [0, 0.1) is 5.92 Å². The van der Waals surface area contributed by atoms with Crippen LogP contribution in [0.1, 0.15) is 38.3 Å². The third kappa shape index (κ3) is 4.79. The van der Waals surface area contributed by atoms with Crippen LogP contribution in [0.4, 0.5) is 0 Å². The fourth-order valence-electron chi connectivity index (χ4n) is 2.32. The number of nitrogens with one attached hydrogen (secondary N) is 1. The van der Waals surface area contributed by atoms with E-state index in [0.29, 0.717) is 12.0 Å². The Bertz CT molecular complexity index is 345. The minimum Gasteiger partial charge on any atom is -0.310 e. The van der Waals surface area contributed by atoms with Crippen molar-refractivity contribution in [3.63, 3.8) is 0 Å². The summed E-state index contributed by atoms with van der Waals surface area (Å²) >= 11 is 0. The lowest BCUT2D eigenvalue weighted by Crippen LogP contribution is -2.33. The number of nitrogens with zero attached hydrogens (tertiary/aromatic N) is 1. The molecule has 0 saturated carbocycles. The van der Waals surface area contributed by atoms with Crippen LogP contribution in [0.25, 0.3) is 0 Å². The Morgan fingerprint density at radius 1 is 1.11 bits per heavy atom. The monoisotopic (exact) mass is 248 g/mol. The second-order valence-electron chi connectivity index (χ2n) is 5.65. The van der Waals surface area contributed by atoms with E-state index in [9.17, 15) is 0 Å². The van der Waals surface area contributed by atoms with Crippen LogP contribution in [0.15, 0.2) is 24.3 Å². The number of rotatable bonds is 7. The average Bonchev–Trinajstić information content (AvgIpc) is 2.30. The van der Waals surface area contributed by atoms with Gasteiger partial charge >= 0.3 is 0 Å². The highest BCUT2D eigenvalue weighted by molar-refractivity contribution is 5.27. The second kappa shape index (κ2) is 7.55. The Labute approximate surface area is 112 Å². The lowest BCUT2D eigenvalue weighted by Gasteiger charge is -2.22. The molecule has 1 aromatic carbocycles. The van der Waals surface area contributed by atoms with Crippen molar-refractivity contribution < 1.29 is 0 Å². The number of benzene rings is 1. The van der Waals surface area contributed by atoms with Crippen molar-refractivity contribution in [2.24, 2.45) is 5.92 Å². The molecule has 0 bridgehead atoms. The van der Waals surface area contributed by atoms with Gasteiger partial charge in [-0.05, 0) is 37.6 Å². The van der Waals surface area contributed by atoms with E-state index in [4.69, 9.17) is 0 Å². The normalized spacial score (nSPS) is 13.3. The van der Waals surface area contributed by atoms with E-state index in [2.05, 4.69) is 69.3 Å². The zero-order chi connectivity index (χ0) is 13.5. The van der Waals surface area contributed by atoms with Gasteiger partial charge in [-0.3, -0.25) is 0 Å². The topological polar surface area (TPSA) is 15.3 Å². The highest BCUT2D eigenvalue weighted by Gasteiger charge is 2.11. The molecule has 1 rings (SSSR count). The van der Waals surface area contributed by atoms with Crippen molar-refractivity contribution >= 4 is 0 Å². The molecule has 1 unspecified atom stereocenters. The van der Waals surface area contributed by atoms with Crippen LogP contribution >= 0.6 is 0 Å². The summed E-state index contributed by atoms with van der Waals surface area (Å²) < 4.78 is 0. The van der Waals surface area contributed by atoms with Gasteiger partial charge in [0.2, 0.25) is 0 Å². The van der Waals surface area contributed by atoms with Crippen LogP contribution in [0.2, 0.25) is 0 Å². The molecule has 1 aromatic rings. The van der Waals surface area contributed by atoms with E-state index < -0.39 is 0 Å². The molecule has 1 N–H and O–H groups in total. The molecule has 0 spiro atoms. The standard InChI is InChI=1S/C16H28N2/c1-6-16(13(2)3)17-11-14-9-7-8-10-15(14)12-18(4)5/h7-10,13,16-17H,6,11-12H2,1-5H3. The Kier molecular flexibility index (Phi) is 6.37. The van der Waals surface area contributed by atoms with E-state index in [1.54, 1.807) is 0 Å². The summed E-state index contributed by atoms with van der Waals surface area (Å²) in [6.07, 6.45) is 1.19. The van der Waals surface area contributed by atoms with Crippen molar-refractivity contribution in [1.29, 1.82) is 0 Å². The van der Waals surface area contributed by atoms with Gasteiger partial charge in [0.25, 0.3) is 0 Å². The van der Waals surface area contributed by atoms with E-state index >= 15 is 0 Å². The molecule has 0 aliphatic carbocycles. The fraction of sp³-hybridized carbons (Fsp3) is 0.625. The molecule has 102 valence electrons. The quantitative estimate of drug-likeness (QED) is 0.796. The average molecular weight is 248 g/mol. The van der Waals surface area contributed by atoms with Crippen LogP contribution in [0.5, 0.6) is 0 Å². The molecule has 0 aliphatic rings. The predicted octanol–water partition coefficient (Wildman–Crippen LogP) is 3.27. The van der Waals surface area contributed by atoms with Crippen molar-refractivity contribution in [3.8, 4) is 0 Å². The Morgan fingerprint density at radius 3 is 2.22 bits per heavy atom. The van der Waals surface area contributed by atoms with E-state index in [0.717, 1.165) is 13.1 Å². The molecule has 0 saturated heterocycles. The molecule has 18 heavy (non-hydrogen) atoms. The lowest BCUT2D eigenvalue weighted by atomic mass is 10.0. The first kappa shape index (κ1) is 15.2.